The molecule has 6 nitrogen and oxygen atoms in total. The number of imidazole rings is 1. The molecule has 0 bridgehead atoms. The van der Waals surface area contributed by atoms with E-state index in [0.717, 1.165) is 25.7 Å². The highest BCUT2D eigenvalue weighted by Gasteiger charge is 2.67. The Labute approximate surface area is 182 Å². The van der Waals surface area contributed by atoms with Gasteiger partial charge in [0.1, 0.15) is 5.52 Å². The number of aromatic nitrogens is 2. The molecule has 2 aliphatic rings. The molecular formula is C18H17ClF3IN4O2. The lowest BCUT2D eigenvalue weighted by atomic mass is 10.0. The average Bonchev–Trinajstić information content (AvgIpc) is 3.30. The van der Waals surface area contributed by atoms with Crippen molar-refractivity contribution in [2.75, 3.05) is 5.32 Å². The normalized spacial score (nSPS) is 22.2. The molecular weight excluding hydrogens is 524 g/mol. The highest BCUT2D eigenvalue weighted by Crippen LogP contribution is 2.45. The number of benzene rings is 1. The van der Waals surface area contributed by atoms with E-state index in [9.17, 15) is 22.8 Å². The molecule has 1 fully saturated rings. The zero-order chi connectivity index (χ0) is 21.0. The molecule has 1 aliphatic carbocycles. The van der Waals surface area contributed by atoms with Gasteiger partial charge in [-0.2, -0.15) is 13.2 Å². The summed E-state index contributed by atoms with van der Waals surface area (Å²) in [7, 11) is 0. The number of carbonyl (C=O) groups excluding carboxylic acids is 2. The van der Waals surface area contributed by atoms with Crippen molar-refractivity contribution in [2.24, 2.45) is 5.92 Å². The van der Waals surface area contributed by atoms with Gasteiger partial charge in [0.15, 0.2) is 0 Å². The number of fused-ring (bicyclic) bond motifs is 3. The van der Waals surface area contributed by atoms with Crippen LogP contribution in [0, 0.1) is 9.49 Å². The summed E-state index contributed by atoms with van der Waals surface area (Å²) in [4.78, 5) is 29.2. The largest absolute Gasteiger partial charge is 0.440 e. The average molecular weight is 541 g/mol. The summed E-state index contributed by atoms with van der Waals surface area (Å²) in [5, 5.41) is 4.35. The van der Waals surface area contributed by atoms with E-state index in [4.69, 9.17) is 11.6 Å². The van der Waals surface area contributed by atoms with Crippen molar-refractivity contribution in [2.45, 2.75) is 50.4 Å². The van der Waals surface area contributed by atoms with E-state index in [0.29, 0.717) is 20.5 Å². The highest BCUT2D eigenvalue weighted by molar-refractivity contribution is 14.1. The predicted octanol–water partition coefficient (Wildman–Crippen LogP) is 4.55. The van der Waals surface area contributed by atoms with Gasteiger partial charge in [0.2, 0.25) is 11.9 Å². The number of hydrogen-bond acceptors (Lipinski definition) is 3. The van der Waals surface area contributed by atoms with E-state index >= 15 is 0 Å². The zero-order valence-electron chi connectivity index (χ0n) is 15.1. The predicted molar refractivity (Wildman–Crippen MR) is 109 cm³/mol. The van der Waals surface area contributed by atoms with Gasteiger partial charge in [0.05, 0.1) is 5.52 Å². The highest BCUT2D eigenvalue weighted by atomic mass is 127. The maximum Gasteiger partial charge on any atom is 0.440 e. The summed E-state index contributed by atoms with van der Waals surface area (Å²) in [6, 6.07) is 2.87. The molecule has 2 heterocycles. The summed E-state index contributed by atoms with van der Waals surface area (Å²) in [6.07, 6.45) is -0.557. The number of anilines is 1. The molecule has 2 aromatic rings. The molecule has 2 N–H and O–H groups in total. The van der Waals surface area contributed by atoms with Crippen molar-refractivity contribution in [1.29, 1.82) is 0 Å². The van der Waals surface area contributed by atoms with Gasteiger partial charge in [0.25, 0.3) is 11.6 Å². The van der Waals surface area contributed by atoms with Crippen molar-refractivity contribution in [3.8, 4) is 0 Å². The Morgan fingerprint density at radius 2 is 2.07 bits per heavy atom. The Hall–Kier alpha value is -1.56. The first-order valence-corrected chi connectivity index (χ1v) is 10.7. The molecule has 11 heteroatoms. The molecule has 29 heavy (non-hydrogen) atoms. The Morgan fingerprint density at radius 3 is 2.72 bits per heavy atom. The van der Waals surface area contributed by atoms with Crippen molar-refractivity contribution in [3.05, 3.63) is 20.7 Å². The molecule has 156 valence electrons. The Morgan fingerprint density at radius 1 is 1.38 bits per heavy atom. The van der Waals surface area contributed by atoms with Crippen molar-refractivity contribution < 1.29 is 22.8 Å². The molecule has 0 saturated heterocycles. The first-order chi connectivity index (χ1) is 13.6. The third-order valence-electron chi connectivity index (χ3n) is 5.55. The Bertz CT molecular complexity index is 1000. The molecule has 0 radical (unpaired) electrons. The fourth-order valence-electron chi connectivity index (χ4n) is 4.16. The summed E-state index contributed by atoms with van der Waals surface area (Å²) < 4.78 is 44.1. The fraction of sp³-hybridized carbons (Fsp3) is 0.500. The van der Waals surface area contributed by atoms with Gasteiger partial charge in [-0.3, -0.25) is 19.5 Å². The van der Waals surface area contributed by atoms with Gasteiger partial charge in [-0.1, -0.05) is 37.3 Å². The van der Waals surface area contributed by atoms with Crippen LogP contribution in [0.4, 0.5) is 19.1 Å². The number of halogens is 5. The zero-order valence-corrected chi connectivity index (χ0v) is 18.0. The number of hydrogen-bond donors (Lipinski definition) is 2. The molecule has 2 amide bonds. The van der Waals surface area contributed by atoms with E-state index in [1.54, 1.807) is 6.07 Å². The lowest BCUT2D eigenvalue weighted by molar-refractivity contribution is -0.217. The molecule has 1 unspecified atom stereocenters. The van der Waals surface area contributed by atoms with E-state index in [2.05, 4.69) is 10.3 Å². The lowest BCUT2D eigenvalue weighted by Crippen LogP contribution is -2.63. The van der Waals surface area contributed by atoms with E-state index in [1.165, 1.54) is 6.07 Å². The molecule has 1 aromatic heterocycles. The second-order valence-corrected chi connectivity index (χ2v) is 9.02. The van der Waals surface area contributed by atoms with Gasteiger partial charge >= 0.3 is 6.18 Å². The van der Waals surface area contributed by atoms with Crippen LogP contribution in [0.15, 0.2) is 12.1 Å². The SMILES string of the molecule is O=C(CCC1CCCC1)NC1(C(F)(F)F)C(=O)Nc2nc3c(I)cc(Cl)cc3n21. The van der Waals surface area contributed by atoms with Crippen LogP contribution in [-0.4, -0.2) is 27.5 Å². The summed E-state index contributed by atoms with van der Waals surface area (Å²) >= 11 is 7.95. The maximum absolute atomic E-state index is 14.3. The molecule has 1 atom stereocenters. The monoisotopic (exact) mass is 540 g/mol. The van der Waals surface area contributed by atoms with E-state index in [1.807, 2.05) is 27.9 Å². The Balaban J connectivity index is 1.75. The van der Waals surface area contributed by atoms with E-state index in [-0.39, 0.29) is 28.4 Å². The van der Waals surface area contributed by atoms with Gasteiger partial charge in [-0.15, -0.1) is 0 Å². The quantitative estimate of drug-likeness (QED) is 0.559. The third kappa shape index (κ3) is 3.37. The maximum atomic E-state index is 14.3. The van der Waals surface area contributed by atoms with Crippen molar-refractivity contribution in [1.82, 2.24) is 14.9 Å². The molecule has 0 spiro atoms. The number of amides is 2. The number of carbonyl (C=O) groups is 2. The lowest BCUT2D eigenvalue weighted by Gasteiger charge is -2.32. The summed E-state index contributed by atoms with van der Waals surface area (Å²) in [6.45, 7) is 0. The molecule has 1 aliphatic heterocycles. The van der Waals surface area contributed by atoms with Crippen LogP contribution in [-0.2, 0) is 15.3 Å². The molecule has 1 aromatic carbocycles. The van der Waals surface area contributed by atoms with Crippen LogP contribution in [0.1, 0.15) is 38.5 Å². The molecule has 1 saturated carbocycles. The standard InChI is InChI=1S/C18H17ClF3IN4O2/c19-10-7-11(23)14-12(8-10)27-16(24-14)25-15(29)17(27,18(20,21)22)26-13(28)6-5-9-3-1-2-4-9/h7-9H,1-6H2,(H,26,28)(H,24,25,29). The number of nitrogens with zero attached hydrogens (tertiary/aromatic N) is 2. The van der Waals surface area contributed by atoms with Crippen LogP contribution in [0.5, 0.6) is 0 Å². The summed E-state index contributed by atoms with van der Waals surface area (Å²) in [5.74, 6) is -2.15. The number of rotatable bonds is 4. The summed E-state index contributed by atoms with van der Waals surface area (Å²) in [5.41, 5.74) is -2.99. The van der Waals surface area contributed by atoms with Gasteiger partial charge in [0, 0.05) is 15.0 Å². The van der Waals surface area contributed by atoms with Crippen LogP contribution in [0.25, 0.3) is 11.0 Å². The van der Waals surface area contributed by atoms with Crippen molar-refractivity contribution >= 4 is 63.0 Å². The van der Waals surface area contributed by atoms with Crippen LogP contribution >= 0.6 is 34.2 Å². The van der Waals surface area contributed by atoms with Gasteiger partial charge in [-0.25, -0.2) is 4.98 Å². The smallest absolute Gasteiger partial charge is 0.317 e. The second kappa shape index (κ2) is 7.29. The third-order valence-corrected chi connectivity index (χ3v) is 6.59. The van der Waals surface area contributed by atoms with E-state index < -0.39 is 23.7 Å². The fourth-order valence-corrected chi connectivity index (χ4v) is 5.29. The number of alkyl halides is 3. The van der Waals surface area contributed by atoms with Gasteiger partial charge in [-0.05, 0) is 47.1 Å². The second-order valence-electron chi connectivity index (χ2n) is 7.43. The van der Waals surface area contributed by atoms with Crippen molar-refractivity contribution in [3.63, 3.8) is 0 Å². The minimum absolute atomic E-state index is 0.0173. The first kappa shape index (κ1) is 20.7. The molecule has 4 rings (SSSR count). The minimum atomic E-state index is -5.09. The van der Waals surface area contributed by atoms with Crippen LogP contribution < -0.4 is 10.6 Å². The van der Waals surface area contributed by atoms with Gasteiger partial charge < -0.3 is 5.32 Å². The Kier molecular flexibility index (Phi) is 5.21. The van der Waals surface area contributed by atoms with Crippen LogP contribution in [0.3, 0.4) is 0 Å². The number of nitrogens with one attached hydrogen (secondary N) is 2. The minimum Gasteiger partial charge on any atom is -0.317 e. The topological polar surface area (TPSA) is 76.0 Å². The van der Waals surface area contributed by atoms with Crippen LogP contribution in [0.2, 0.25) is 5.02 Å². The first-order valence-electron chi connectivity index (χ1n) is 9.20.